The highest BCUT2D eigenvalue weighted by atomic mass is 79.9. The maximum Gasteiger partial charge on any atom is 0.324 e. The van der Waals surface area contributed by atoms with Crippen LogP contribution in [-0.4, -0.2) is 26.0 Å². The average molecular weight is 433 g/mol. The zero-order valence-electron chi connectivity index (χ0n) is 12.7. The molecule has 0 spiro atoms. The smallest absolute Gasteiger partial charge is 0.324 e. The number of nitrogens with zero attached hydrogens (tertiary/aromatic N) is 1. The van der Waals surface area contributed by atoms with E-state index in [4.69, 9.17) is 15.0 Å². The van der Waals surface area contributed by atoms with Crippen molar-refractivity contribution in [3.63, 3.8) is 0 Å². The average Bonchev–Trinajstić information content (AvgIpc) is 2.50. The molecule has 134 valence electrons. The third-order valence-electron chi connectivity index (χ3n) is 3.07. The van der Waals surface area contributed by atoms with Gasteiger partial charge >= 0.3 is 5.97 Å². The van der Waals surface area contributed by atoms with Gasteiger partial charge in [-0.05, 0) is 17.7 Å². The lowest BCUT2D eigenvalue weighted by atomic mass is 10.2. The van der Waals surface area contributed by atoms with Crippen molar-refractivity contribution in [2.45, 2.75) is 6.61 Å². The van der Waals surface area contributed by atoms with Gasteiger partial charge in [0.2, 0.25) is 0 Å². The molecule has 0 saturated heterocycles. The zero-order valence-corrected chi connectivity index (χ0v) is 15.1. The number of rotatable bonds is 7. The lowest BCUT2D eigenvalue weighted by Crippen LogP contribution is -2.41. The van der Waals surface area contributed by atoms with E-state index in [1.165, 1.54) is 6.07 Å². The molecule has 0 aliphatic heterocycles. The van der Waals surface area contributed by atoms with E-state index in [-0.39, 0.29) is 16.7 Å². The van der Waals surface area contributed by atoms with E-state index in [1.807, 2.05) is 6.07 Å². The predicted molar refractivity (Wildman–Crippen MR) is 93.0 cm³/mol. The van der Waals surface area contributed by atoms with Crippen LogP contribution >= 0.6 is 15.9 Å². The summed E-state index contributed by atoms with van der Waals surface area (Å²) in [6.45, 7) is -1.02. The molecule has 2 aromatic rings. The number of carboxylic acids is 1. The quantitative estimate of drug-likeness (QED) is 0.696. The van der Waals surface area contributed by atoms with Crippen LogP contribution in [0.5, 0.6) is 5.75 Å². The van der Waals surface area contributed by atoms with Crippen molar-refractivity contribution in [1.29, 1.82) is 0 Å². The fourth-order valence-corrected chi connectivity index (χ4v) is 3.18. The minimum atomic E-state index is -4.54. The van der Waals surface area contributed by atoms with E-state index in [1.54, 1.807) is 24.3 Å². The maximum atomic E-state index is 14.4. The molecule has 25 heavy (non-hydrogen) atoms. The van der Waals surface area contributed by atoms with Crippen LogP contribution < -0.4 is 14.2 Å². The van der Waals surface area contributed by atoms with Gasteiger partial charge in [-0.15, -0.1) is 0 Å². The molecule has 0 amide bonds. The van der Waals surface area contributed by atoms with Crippen LogP contribution in [0.4, 0.5) is 10.1 Å². The third-order valence-corrected chi connectivity index (χ3v) is 4.45. The molecular weight excluding hydrogens is 419 g/mol. The minimum Gasteiger partial charge on any atom is -0.487 e. The summed E-state index contributed by atoms with van der Waals surface area (Å²) in [6, 6.07) is 11.2. The van der Waals surface area contributed by atoms with Gasteiger partial charge in [-0.25, -0.2) is 13.8 Å². The number of hydrogen-bond acceptors (Lipinski definition) is 4. The summed E-state index contributed by atoms with van der Waals surface area (Å²) in [4.78, 5) is 11.0. The molecule has 7 nitrogen and oxygen atoms in total. The first-order valence-corrected chi connectivity index (χ1v) is 9.16. The standard InChI is InChI=1S/C15H14BrFN2O5S/c16-11-6-12(17)15(19(8-14(20)21)25(18,22)23)13(7-11)24-9-10-4-2-1-3-5-10/h1-7H,8-9H2,(H,20,21)(H2,18,22,23). The van der Waals surface area contributed by atoms with Gasteiger partial charge in [-0.1, -0.05) is 46.3 Å². The summed E-state index contributed by atoms with van der Waals surface area (Å²) >= 11 is 3.09. The molecule has 0 bridgehead atoms. The van der Waals surface area contributed by atoms with Crippen molar-refractivity contribution in [1.82, 2.24) is 0 Å². The predicted octanol–water partition coefficient (Wildman–Crippen LogP) is 2.26. The molecule has 2 rings (SSSR count). The summed E-state index contributed by atoms with van der Waals surface area (Å²) < 4.78 is 43.9. The molecule has 0 radical (unpaired) electrons. The van der Waals surface area contributed by atoms with Crippen LogP contribution in [0.2, 0.25) is 0 Å². The van der Waals surface area contributed by atoms with Crippen LogP contribution in [-0.2, 0) is 21.6 Å². The molecule has 3 N–H and O–H groups in total. The van der Waals surface area contributed by atoms with E-state index in [0.29, 0.717) is 4.47 Å². The monoisotopic (exact) mass is 432 g/mol. The van der Waals surface area contributed by atoms with Gasteiger partial charge in [0.05, 0.1) is 0 Å². The summed E-state index contributed by atoms with van der Waals surface area (Å²) in [7, 11) is -4.54. The van der Waals surface area contributed by atoms with E-state index in [2.05, 4.69) is 15.9 Å². The number of nitrogens with two attached hydrogens (primary N) is 1. The Morgan fingerprint density at radius 2 is 1.92 bits per heavy atom. The van der Waals surface area contributed by atoms with Gasteiger partial charge in [0.25, 0.3) is 10.2 Å². The Hall–Kier alpha value is -2.17. The fourth-order valence-electron chi connectivity index (χ4n) is 2.05. The molecule has 10 heteroatoms. The largest absolute Gasteiger partial charge is 0.487 e. The van der Waals surface area contributed by atoms with Gasteiger partial charge in [0, 0.05) is 4.47 Å². The molecule has 0 heterocycles. The molecule has 2 aromatic carbocycles. The molecular formula is C15H14BrFN2O5S. The zero-order chi connectivity index (χ0) is 18.6. The highest BCUT2D eigenvalue weighted by Crippen LogP contribution is 2.36. The normalized spacial score (nSPS) is 11.2. The fraction of sp³-hybridized carbons (Fsp3) is 0.133. The molecule has 0 fully saturated rings. The van der Waals surface area contributed by atoms with E-state index < -0.39 is 34.2 Å². The van der Waals surface area contributed by atoms with Crippen LogP contribution in [0.15, 0.2) is 46.9 Å². The van der Waals surface area contributed by atoms with Gasteiger partial charge in [0.1, 0.15) is 24.6 Å². The molecule has 0 unspecified atom stereocenters. The molecule has 0 aromatic heterocycles. The first-order chi connectivity index (χ1) is 11.7. The van der Waals surface area contributed by atoms with Gasteiger partial charge in [-0.3, -0.25) is 4.79 Å². The number of carboxylic acid groups (broad SMARTS) is 1. The van der Waals surface area contributed by atoms with Crippen molar-refractivity contribution in [3.05, 3.63) is 58.3 Å². The molecule has 0 atom stereocenters. The van der Waals surface area contributed by atoms with Crippen LogP contribution in [0.1, 0.15) is 5.56 Å². The molecule has 0 saturated carbocycles. The topological polar surface area (TPSA) is 110 Å². The molecule has 0 aliphatic rings. The number of ether oxygens (including phenoxy) is 1. The Morgan fingerprint density at radius 3 is 2.48 bits per heavy atom. The third kappa shape index (κ3) is 5.15. The van der Waals surface area contributed by atoms with Gasteiger partial charge in [-0.2, -0.15) is 8.42 Å². The number of carbonyl (C=O) groups is 1. The Morgan fingerprint density at radius 1 is 1.28 bits per heavy atom. The van der Waals surface area contributed by atoms with E-state index in [9.17, 15) is 17.6 Å². The highest BCUT2D eigenvalue weighted by molar-refractivity contribution is 9.10. The Kier molecular flexibility index (Phi) is 5.98. The Balaban J connectivity index is 2.46. The van der Waals surface area contributed by atoms with Crippen LogP contribution in [0.3, 0.4) is 0 Å². The van der Waals surface area contributed by atoms with E-state index in [0.717, 1.165) is 11.6 Å². The first-order valence-electron chi connectivity index (χ1n) is 6.86. The summed E-state index contributed by atoms with van der Waals surface area (Å²) in [5, 5.41) is 14.0. The number of benzene rings is 2. The second kappa shape index (κ2) is 7.81. The van der Waals surface area contributed by atoms with Crippen molar-refractivity contribution in [2.24, 2.45) is 5.14 Å². The van der Waals surface area contributed by atoms with Crippen molar-refractivity contribution in [3.8, 4) is 5.75 Å². The summed E-state index contributed by atoms with van der Waals surface area (Å²) in [5.74, 6) is -2.65. The minimum absolute atomic E-state index is 0.0231. The summed E-state index contributed by atoms with van der Waals surface area (Å²) in [5.41, 5.74) is 0.193. The number of halogens is 2. The maximum absolute atomic E-state index is 14.4. The van der Waals surface area contributed by atoms with Crippen LogP contribution in [0.25, 0.3) is 0 Å². The van der Waals surface area contributed by atoms with Crippen LogP contribution in [0, 0.1) is 5.82 Å². The second-order valence-electron chi connectivity index (χ2n) is 4.95. The van der Waals surface area contributed by atoms with E-state index >= 15 is 0 Å². The molecule has 0 aliphatic carbocycles. The first kappa shape index (κ1) is 19.2. The number of anilines is 1. The Labute approximate surface area is 152 Å². The van der Waals surface area contributed by atoms with Crippen molar-refractivity contribution >= 4 is 37.8 Å². The van der Waals surface area contributed by atoms with Gasteiger partial charge < -0.3 is 9.84 Å². The number of hydrogen-bond donors (Lipinski definition) is 2. The Bertz CT molecular complexity index is 877. The highest BCUT2D eigenvalue weighted by Gasteiger charge is 2.28. The summed E-state index contributed by atoms with van der Waals surface area (Å²) in [6.07, 6.45) is 0. The van der Waals surface area contributed by atoms with Gasteiger partial charge in [0.15, 0.2) is 5.82 Å². The lowest BCUT2D eigenvalue weighted by molar-refractivity contribution is -0.135. The van der Waals surface area contributed by atoms with Crippen molar-refractivity contribution < 1.29 is 27.4 Å². The number of aliphatic carboxylic acids is 1. The lowest BCUT2D eigenvalue weighted by Gasteiger charge is -2.23. The SMILES string of the molecule is NS(=O)(=O)N(CC(=O)O)c1c(F)cc(Br)cc1OCc1ccccc1. The second-order valence-corrected chi connectivity index (χ2v) is 7.34. The van der Waals surface area contributed by atoms with Crippen molar-refractivity contribution in [2.75, 3.05) is 10.8 Å².